The zero-order chi connectivity index (χ0) is 27.3. The van der Waals surface area contributed by atoms with Crippen molar-refractivity contribution in [3.8, 4) is 16.9 Å². The number of hydrogen-bond acceptors (Lipinski definition) is 5. The summed E-state index contributed by atoms with van der Waals surface area (Å²) in [6.07, 6.45) is 0.466. The number of fused-ring (bicyclic) bond motifs is 2. The summed E-state index contributed by atoms with van der Waals surface area (Å²) < 4.78 is 50.1. The molecule has 12 heteroatoms. The fourth-order valence-electron chi connectivity index (χ4n) is 5.07. The number of para-hydroxylation sites is 1. The lowest BCUT2D eigenvalue weighted by atomic mass is 10.1. The summed E-state index contributed by atoms with van der Waals surface area (Å²) in [6.45, 7) is 0.456. The Morgan fingerprint density at radius 1 is 1.08 bits per heavy atom. The first kappa shape index (κ1) is 24.9. The number of halogens is 3. The van der Waals surface area contributed by atoms with Crippen molar-refractivity contribution in [1.29, 1.82) is 0 Å². The van der Waals surface area contributed by atoms with Crippen molar-refractivity contribution in [2.24, 2.45) is 0 Å². The van der Waals surface area contributed by atoms with E-state index in [0.717, 1.165) is 21.5 Å². The van der Waals surface area contributed by atoms with Gasteiger partial charge in [-0.15, -0.1) is 0 Å². The number of carbonyl (C=O) groups is 1. The van der Waals surface area contributed by atoms with Gasteiger partial charge in [-0.25, -0.2) is 9.31 Å². The molecule has 1 fully saturated rings. The second-order valence-electron chi connectivity index (χ2n) is 9.36. The highest BCUT2D eigenvalue weighted by Crippen LogP contribution is 2.28. The molecule has 9 nitrogen and oxygen atoms in total. The summed E-state index contributed by atoms with van der Waals surface area (Å²) in [4.78, 5) is 32.1. The van der Waals surface area contributed by atoms with Gasteiger partial charge in [-0.1, -0.05) is 18.2 Å². The lowest BCUT2D eigenvalue weighted by molar-refractivity contribution is -0.213. The average Bonchev–Trinajstić information content (AvgIpc) is 3.48. The summed E-state index contributed by atoms with van der Waals surface area (Å²) in [5.74, 6) is -0.801. The maximum absolute atomic E-state index is 13.7. The van der Waals surface area contributed by atoms with Crippen LogP contribution in [0.2, 0.25) is 0 Å². The number of rotatable bonds is 4. The van der Waals surface area contributed by atoms with Crippen LogP contribution in [-0.4, -0.2) is 66.5 Å². The Hall–Kier alpha value is -4.45. The number of imidazole rings is 1. The Morgan fingerprint density at radius 2 is 1.90 bits per heavy atom. The second kappa shape index (κ2) is 9.38. The predicted octanol–water partition coefficient (Wildman–Crippen LogP) is 3.60. The third-order valence-corrected chi connectivity index (χ3v) is 6.98. The normalized spacial score (nSPS) is 16.3. The SMILES string of the molecule is Cc1cccc2c1n(-c1ccc(-c3cnn4ccccc34)nc1)c(=O)n2CC(=O)N1CCOCC1C(F)(F)F. The van der Waals surface area contributed by atoms with Crippen molar-refractivity contribution in [3.05, 3.63) is 83.2 Å². The lowest BCUT2D eigenvalue weighted by Gasteiger charge is -2.36. The van der Waals surface area contributed by atoms with Crippen molar-refractivity contribution in [1.82, 2.24) is 28.6 Å². The number of aryl methyl sites for hydroxylation is 1. The van der Waals surface area contributed by atoms with Crippen molar-refractivity contribution < 1.29 is 22.7 Å². The first-order valence-electron chi connectivity index (χ1n) is 12.3. The van der Waals surface area contributed by atoms with Gasteiger partial charge in [-0.2, -0.15) is 18.3 Å². The summed E-state index contributed by atoms with van der Waals surface area (Å²) in [5, 5.41) is 4.34. The first-order valence-corrected chi connectivity index (χ1v) is 12.3. The number of amides is 1. The van der Waals surface area contributed by atoms with Gasteiger partial charge in [0.25, 0.3) is 0 Å². The summed E-state index contributed by atoms with van der Waals surface area (Å²) in [6, 6.07) is 12.4. The molecule has 39 heavy (non-hydrogen) atoms. The molecule has 1 unspecified atom stereocenters. The summed E-state index contributed by atoms with van der Waals surface area (Å²) in [5.41, 5.74) is 4.04. The van der Waals surface area contributed by atoms with Crippen molar-refractivity contribution in [3.63, 3.8) is 0 Å². The average molecular weight is 537 g/mol. The van der Waals surface area contributed by atoms with E-state index in [1.165, 1.54) is 9.13 Å². The maximum atomic E-state index is 13.7. The quantitative estimate of drug-likeness (QED) is 0.351. The van der Waals surface area contributed by atoms with Crippen LogP contribution in [0.5, 0.6) is 0 Å². The number of benzene rings is 1. The molecule has 1 amide bonds. The fourth-order valence-corrected chi connectivity index (χ4v) is 5.07. The molecule has 6 rings (SSSR count). The molecule has 1 aromatic carbocycles. The minimum atomic E-state index is -4.64. The number of morpholine rings is 1. The van der Waals surface area contributed by atoms with Gasteiger partial charge < -0.3 is 9.64 Å². The van der Waals surface area contributed by atoms with E-state index in [1.54, 1.807) is 41.2 Å². The molecule has 0 saturated carbocycles. The minimum Gasteiger partial charge on any atom is -0.377 e. The third kappa shape index (κ3) is 4.26. The number of nitrogens with zero attached hydrogens (tertiary/aromatic N) is 6. The Morgan fingerprint density at radius 3 is 2.67 bits per heavy atom. The predicted molar refractivity (Wildman–Crippen MR) is 137 cm³/mol. The Balaban J connectivity index is 1.39. The topological polar surface area (TPSA) is 86.7 Å². The van der Waals surface area contributed by atoms with Gasteiger partial charge in [0, 0.05) is 18.3 Å². The molecule has 1 aliphatic heterocycles. The van der Waals surface area contributed by atoms with Gasteiger partial charge in [0.1, 0.15) is 6.54 Å². The summed E-state index contributed by atoms with van der Waals surface area (Å²) in [7, 11) is 0. The number of pyridine rings is 2. The number of carbonyl (C=O) groups excluding carboxylic acids is 1. The van der Waals surface area contributed by atoms with E-state index >= 15 is 0 Å². The van der Waals surface area contributed by atoms with Crippen LogP contribution in [0.1, 0.15) is 5.56 Å². The molecule has 5 aromatic rings. The van der Waals surface area contributed by atoms with E-state index in [2.05, 4.69) is 10.1 Å². The van der Waals surface area contributed by atoms with Crippen molar-refractivity contribution in [2.75, 3.05) is 19.8 Å². The molecule has 4 aromatic heterocycles. The molecule has 1 aliphatic rings. The number of alkyl halides is 3. The zero-order valence-corrected chi connectivity index (χ0v) is 20.8. The van der Waals surface area contributed by atoms with Crippen LogP contribution in [0.4, 0.5) is 13.2 Å². The highest BCUT2D eigenvalue weighted by molar-refractivity contribution is 5.85. The van der Waals surface area contributed by atoms with Crippen LogP contribution in [-0.2, 0) is 16.1 Å². The van der Waals surface area contributed by atoms with Crippen molar-refractivity contribution in [2.45, 2.75) is 25.7 Å². The number of hydrogen-bond donors (Lipinski definition) is 0. The number of ether oxygens (including phenoxy) is 1. The molecule has 0 N–H and O–H groups in total. The number of aromatic nitrogens is 5. The monoisotopic (exact) mass is 536 g/mol. The van der Waals surface area contributed by atoms with Gasteiger partial charge in [0.05, 0.1) is 53.5 Å². The molecule has 1 saturated heterocycles. The molecule has 0 spiro atoms. The van der Waals surface area contributed by atoms with E-state index in [-0.39, 0.29) is 13.2 Å². The molecular formula is C27H23F3N6O3. The van der Waals surface area contributed by atoms with Gasteiger partial charge in [-0.05, 0) is 42.8 Å². The van der Waals surface area contributed by atoms with Gasteiger partial charge in [-0.3, -0.25) is 18.9 Å². The van der Waals surface area contributed by atoms with Gasteiger partial charge >= 0.3 is 11.9 Å². The van der Waals surface area contributed by atoms with Crippen LogP contribution in [0.15, 0.2) is 71.9 Å². The standard InChI is InChI=1S/C27H23F3N6O3/c1-17-5-4-7-22-25(17)36(18-8-9-20(31-13-18)19-14-32-35-10-3-2-6-21(19)35)26(38)34(22)15-24(37)33-11-12-39-16-23(33)27(28,29)30/h2-10,13-14,23H,11-12,15-16H2,1H3. The van der Waals surface area contributed by atoms with Crippen LogP contribution in [0.25, 0.3) is 33.5 Å². The largest absolute Gasteiger partial charge is 0.411 e. The lowest BCUT2D eigenvalue weighted by Crippen LogP contribution is -2.56. The Bertz CT molecular complexity index is 1750. The fraction of sp³-hybridized carbons (Fsp3) is 0.259. The molecule has 0 radical (unpaired) electrons. The Kier molecular flexibility index (Phi) is 5.98. The zero-order valence-electron chi connectivity index (χ0n) is 20.8. The molecule has 5 heterocycles. The van der Waals surface area contributed by atoms with Crippen molar-refractivity contribution >= 4 is 22.5 Å². The van der Waals surface area contributed by atoms with E-state index in [4.69, 9.17) is 4.74 Å². The molecular weight excluding hydrogens is 513 g/mol. The van der Waals surface area contributed by atoms with Crippen LogP contribution >= 0.6 is 0 Å². The van der Waals surface area contributed by atoms with Crippen LogP contribution in [0, 0.1) is 6.92 Å². The smallest absolute Gasteiger partial charge is 0.377 e. The van der Waals surface area contributed by atoms with E-state index in [0.29, 0.717) is 22.4 Å². The van der Waals surface area contributed by atoms with Crippen LogP contribution in [0.3, 0.4) is 0 Å². The minimum absolute atomic E-state index is 0.00119. The third-order valence-electron chi connectivity index (χ3n) is 6.98. The maximum Gasteiger partial charge on any atom is 0.411 e. The highest BCUT2D eigenvalue weighted by Gasteiger charge is 2.47. The molecule has 0 aliphatic carbocycles. The molecule has 1 atom stereocenters. The van der Waals surface area contributed by atoms with Crippen LogP contribution < -0.4 is 5.69 Å². The second-order valence-corrected chi connectivity index (χ2v) is 9.36. The van der Waals surface area contributed by atoms with Gasteiger partial charge in [0.2, 0.25) is 5.91 Å². The van der Waals surface area contributed by atoms with E-state index in [1.807, 2.05) is 37.4 Å². The molecule has 0 bridgehead atoms. The molecule has 200 valence electrons. The van der Waals surface area contributed by atoms with E-state index in [9.17, 15) is 22.8 Å². The van der Waals surface area contributed by atoms with Gasteiger partial charge in [0.15, 0.2) is 6.04 Å². The van der Waals surface area contributed by atoms with E-state index < -0.39 is 37.0 Å². The highest BCUT2D eigenvalue weighted by atomic mass is 19.4. The first-order chi connectivity index (χ1) is 18.7. The Labute approximate surface area is 219 Å². The summed E-state index contributed by atoms with van der Waals surface area (Å²) >= 11 is 0.